The fourth-order valence-corrected chi connectivity index (χ4v) is 4.15. The maximum atomic E-state index is 13.1. The normalized spacial score (nSPS) is 16.8. The second-order valence-electron chi connectivity index (χ2n) is 6.44. The monoisotopic (exact) mass is 388 g/mol. The van der Waals surface area contributed by atoms with E-state index in [1.165, 1.54) is 17.4 Å². The summed E-state index contributed by atoms with van der Waals surface area (Å²) >= 11 is 1.21. The molecule has 1 aliphatic carbocycles. The largest absolute Gasteiger partial charge is 0.471 e. The molecule has 0 bridgehead atoms. The van der Waals surface area contributed by atoms with E-state index in [2.05, 4.69) is 11.9 Å². The first-order chi connectivity index (χ1) is 12.2. The van der Waals surface area contributed by atoms with Crippen molar-refractivity contribution >= 4 is 23.2 Å². The highest BCUT2D eigenvalue weighted by atomic mass is 32.1. The van der Waals surface area contributed by atoms with Gasteiger partial charge in [0.2, 0.25) is 5.91 Å². The lowest BCUT2D eigenvalue weighted by atomic mass is 9.95. The van der Waals surface area contributed by atoms with Crippen molar-refractivity contribution in [2.24, 2.45) is 0 Å². The molecule has 0 aliphatic heterocycles. The number of hydrogen-bond acceptors (Lipinski definition) is 3. The Morgan fingerprint density at radius 3 is 2.50 bits per heavy atom. The zero-order valence-electron chi connectivity index (χ0n) is 14.6. The molecular weight excluding hydrogens is 365 g/mol. The first kappa shape index (κ1) is 20.5. The third-order valence-electron chi connectivity index (χ3n) is 4.37. The molecule has 1 aliphatic rings. The molecule has 1 saturated carbocycles. The van der Waals surface area contributed by atoms with Crippen LogP contribution < -0.4 is 5.32 Å². The Labute approximate surface area is 155 Å². The molecule has 2 rings (SSSR count). The smallest absolute Gasteiger partial charge is 0.351 e. The molecule has 1 atom stereocenters. The number of carbonyl (C=O) groups excluding carboxylic acids is 2. The molecule has 8 heteroatoms. The highest BCUT2D eigenvalue weighted by Gasteiger charge is 2.46. The van der Waals surface area contributed by atoms with Crippen LogP contribution in [0.25, 0.3) is 0 Å². The van der Waals surface area contributed by atoms with Crippen LogP contribution in [-0.4, -0.2) is 35.5 Å². The number of alkyl halides is 3. The number of halogens is 3. The predicted molar refractivity (Wildman–Crippen MR) is 94.8 cm³/mol. The molecular formula is C18H23F3N2O2S. The maximum Gasteiger partial charge on any atom is 0.471 e. The van der Waals surface area contributed by atoms with Gasteiger partial charge in [-0.05, 0) is 31.9 Å². The standard InChI is InChI=1S/C18H23F3N2O2S/c1-3-11-23(17(25)18(19,20)21)15(14-10-9-12(2)26-14)16(24)22-13-7-5-4-6-8-13/h3,9-10,13,15H,1,4-8,11H2,2H3,(H,22,24)/t15-/m1/s1. The summed E-state index contributed by atoms with van der Waals surface area (Å²) in [7, 11) is 0. The number of aryl methyl sites for hydroxylation is 1. The van der Waals surface area contributed by atoms with Gasteiger partial charge < -0.3 is 10.2 Å². The van der Waals surface area contributed by atoms with Gasteiger partial charge in [-0.2, -0.15) is 13.2 Å². The van der Waals surface area contributed by atoms with E-state index in [9.17, 15) is 22.8 Å². The van der Waals surface area contributed by atoms with E-state index >= 15 is 0 Å². The van der Waals surface area contributed by atoms with Crippen LogP contribution in [0.1, 0.15) is 47.9 Å². The molecule has 0 saturated heterocycles. The van der Waals surface area contributed by atoms with Crippen LogP contribution in [-0.2, 0) is 9.59 Å². The van der Waals surface area contributed by atoms with E-state index in [-0.39, 0.29) is 12.6 Å². The van der Waals surface area contributed by atoms with Crippen LogP contribution >= 0.6 is 11.3 Å². The molecule has 2 amide bonds. The van der Waals surface area contributed by atoms with Gasteiger partial charge in [-0.1, -0.05) is 25.3 Å². The van der Waals surface area contributed by atoms with Gasteiger partial charge in [0.15, 0.2) is 0 Å². The van der Waals surface area contributed by atoms with Crippen molar-refractivity contribution in [3.8, 4) is 0 Å². The lowest BCUT2D eigenvalue weighted by Gasteiger charge is -2.32. The van der Waals surface area contributed by atoms with Crippen molar-refractivity contribution in [1.82, 2.24) is 10.2 Å². The Morgan fingerprint density at radius 2 is 2.00 bits per heavy atom. The summed E-state index contributed by atoms with van der Waals surface area (Å²) in [6, 6.07) is 1.95. The van der Waals surface area contributed by atoms with E-state index in [0.717, 1.165) is 37.0 Å². The minimum atomic E-state index is -5.06. The first-order valence-electron chi connectivity index (χ1n) is 8.59. The average molecular weight is 388 g/mol. The van der Waals surface area contributed by atoms with Gasteiger partial charge in [-0.15, -0.1) is 17.9 Å². The van der Waals surface area contributed by atoms with Gasteiger partial charge >= 0.3 is 12.1 Å². The molecule has 0 radical (unpaired) electrons. The molecule has 26 heavy (non-hydrogen) atoms. The van der Waals surface area contributed by atoms with Gasteiger partial charge in [0.25, 0.3) is 0 Å². The Bertz CT molecular complexity index is 651. The van der Waals surface area contributed by atoms with E-state index in [0.29, 0.717) is 9.78 Å². The molecule has 1 aromatic rings. The van der Waals surface area contributed by atoms with Crippen molar-refractivity contribution in [1.29, 1.82) is 0 Å². The highest BCUT2D eigenvalue weighted by molar-refractivity contribution is 7.12. The summed E-state index contributed by atoms with van der Waals surface area (Å²) in [6.45, 7) is 4.87. The van der Waals surface area contributed by atoms with Crippen LogP contribution in [0.15, 0.2) is 24.8 Å². The summed E-state index contributed by atoms with van der Waals surface area (Å²) in [5.41, 5.74) is 0. The van der Waals surface area contributed by atoms with Gasteiger partial charge in [0.05, 0.1) is 0 Å². The molecule has 1 fully saturated rings. The number of carbonyl (C=O) groups is 2. The summed E-state index contributed by atoms with van der Waals surface area (Å²) in [4.78, 5) is 26.6. The fraction of sp³-hybridized carbons (Fsp3) is 0.556. The van der Waals surface area contributed by atoms with Crippen molar-refractivity contribution in [3.63, 3.8) is 0 Å². The van der Waals surface area contributed by atoms with Crippen LogP contribution in [0.2, 0.25) is 0 Å². The molecule has 0 unspecified atom stereocenters. The van der Waals surface area contributed by atoms with Gasteiger partial charge in [0.1, 0.15) is 6.04 Å². The zero-order chi connectivity index (χ0) is 19.3. The van der Waals surface area contributed by atoms with Gasteiger partial charge in [0, 0.05) is 22.3 Å². The third kappa shape index (κ3) is 5.09. The Kier molecular flexibility index (Phi) is 6.86. The quantitative estimate of drug-likeness (QED) is 0.745. The number of amides is 2. The molecule has 1 heterocycles. The topological polar surface area (TPSA) is 49.4 Å². The molecule has 1 N–H and O–H groups in total. The maximum absolute atomic E-state index is 13.1. The summed E-state index contributed by atoms with van der Waals surface area (Å²) in [6.07, 6.45) is 0.795. The van der Waals surface area contributed by atoms with E-state index in [1.54, 1.807) is 19.1 Å². The van der Waals surface area contributed by atoms with Gasteiger partial charge in [-0.3, -0.25) is 9.59 Å². The minimum absolute atomic E-state index is 0.0635. The zero-order valence-corrected chi connectivity index (χ0v) is 15.5. The van der Waals surface area contributed by atoms with Crippen molar-refractivity contribution in [2.45, 2.75) is 57.3 Å². The van der Waals surface area contributed by atoms with Crippen molar-refractivity contribution in [2.75, 3.05) is 6.54 Å². The number of hydrogen-bond donors (Lipinski definition) is 1. The Balaban J connectivity index is 2.33. The first-order valence-corrected chi connectivity index (χ1v) is 9.41. The Hall–Kier alpha value is -1.83. The second kappa shape index (κ2) is 8.70. The second-order valence-corrected chi connectivity index (χ2v) is 7.76. The van der Waals surface area contributed by atoms with Crippen LogP contribution in [0.4, 0.5) is 13.2 Å². The minimum Gasteiger partial charge on any atom is -0.351 e. The van der Waals surface area contributed by atoms with Crippen molar-refractivity contribution < 1.29 is 22.8 Å². The summed E-state index contributed by atoms with van der Waals surface area (Å²) in [5, 5.41) is 2.84. The van der Waals surface area contributed by atoms with Crippen LogP contribution in [0.3, 0.4) is 0 Å². The molecule has 1 aromatic heterocycles. The fourth-order valence-electron chi connectivity index (χ4n) is 3.16. The molecule has 0 spiro atoms. The van der Waals surface area contributed by atoms with E-state index in [4.69, 9.17) is 0 Å². The molecule has 144 valence electrons. The molecule has 0 aromatic carbocycles. The molecule has 4 nitrogen and oxygen atoms in total. The van der Waals surface area contributed by atoms with Crippen LogP contribution in [0, 0.1) is 6.92 Å². The van der Waals surface area contributed by atoms with Crippen LogP contribution in [0.5, 0.6) is 0 Å². The summed E-state index contributed by atoms with van der Waals surface area (Å²) in [5.74, 6) is -2.61. The lowest BCUT2D eigenvalue weighted by molar-refractivity contribution is -0.188. The van der Waals surface area contributed by atoms with Crippen molar-refractivity contribution in [3.05, 3.63) is 34.5 Å². The highest BCUT2D eigenvalue weighted by Crippen LogP contribution is 2.32. The Morgan fingerprint density at radius 1 is 1.35 bits per heavy atom. The number of nitrogens with one attached hydrogen (secondary N) is 1. The summed E-state index contributed by atoms with van der Waals surface area (Å²) < 4.78 is 39.2. The average Bonchev–Trinajstić information content (AvgIpc) is 2.99. The number of thiophene rings is 1. The third-order valence-corrected chi connectivity index (χ3v) is 5.42. The van der Waals surface area contributed by atoms with E-state index in [1.807, 2.05) is 0 Å². The number of rotatable bonds is 6. The number of nitrogens with zero attached hydrogens (tertiary/aromatic N) is 1. The SMILES string of the molecule is C=CCN(C(=O)C(F)(F)F)[C@@H](C(=O)NC1CCCCC1)c1ccc(C)s1. The van der Waals surface area contributed by atoms with Gasteiger partial charge in [-0.25, -0.2) is 0 Å². The predicted octanol–water partition coefficient (Wildman–Crippen LogP) is 4.12. The lowest BCUT2D eigenvalue weighted by Crippen LogP contribution is -2.50. The van der Waals surface area contributed by atoms with E-state index < -0.39 is 24.0 Å².